The van der Waals surface area contributed by atoms with Gasteiger partial charge < -0.3 is 19.9 Å². The van der Waals surface area contributed by atoms with Gasteiger partial charge in [-0.25, -0.2) is 0 Å². The fourth-order valence-corrected chi connectivity index (χ4v) is 2.93. The highest BCUT2D eigenvalue weighted by atomic mass is 16.5. The number of benzene rings is 1. The smallest absolute Gasteiger partial charge is 0.123 e. The summed E-state index contributed by atoms with van der Waals surface area (Å²) in [4.78, 5) is 0. The molecule has 2 unspecified atom stereocenters. The Labute approximate surface area is 127 Å². The zero-order valence-electron chi connectivity index (χ0n) is 13.3. The summed E-state index contributed by atoms with van der Waals surface area (Å²) >= 11 is 0. The van der Waals surface area contributed by atoms with Crippen molar-refractivity contribution in [1.82, 2.24) is 5.32 Å². The number of hydrogen-bond donors (Lipinski definition) is 2. The molecule has 0 radical (unpaired) electrons. The van der Waals surface area contributed by atoms with E-state index in [1.165, 1.54) is 19.3 Å². The summed E-state index contributed by atoms with van der Waals surface area (Å²) in [5.74, 6) is 1.47. The van der Waals surface area contributed by atoms with Gasteiger partial charge >= 0.3 is 0 Å². The molecule has 0 bridgehead atoms. The van der Waals surface area contributed by atoms with Crippen molar-refractivity contribution in [3.63, 3.8) is 0 Å². The highest BCUT2D eigenvalue weighted by molar-refractivity contribution is 5.32. The largest absolute Gasteiger partial charge is 0.497 e. The Bertz CT molecular complexity index is 447. The van der Waals surface area contributed by atoms with Gasteiger partial charge in [-0.1, -0.05) is 26.3 Å². The van der Waals surface area contributed by atoms with Crippen LogP contribution in [0.5, 0.6) is 11.5 Å². The predicted octanol–water partition coefficient (Wildman–Crippen LogP) is 2.60. The Morgan fingerprint density at radius 1 is 1.38 bits per heavy atom. The first kappa shape index (κ1) is 16.1. The number of rotatable bonds is 7. The summed E-state index contributed by atoms with van der Waals surface area (Å²) in [6.07, 6.45) is 3.20. The first-order valence-corrected chi connectivity index (χ1v) is 7.69. The third kappa shape index (κ3) is 4.61. The van der Waals surface area contributed by atoms with Crippen molar-refractivity contribution >= 4 is 0 Å². The first-order chi connectivity index (χ1) is 10.0. The van der Waals surface area contributed by atoms with Crippen LogP contribution in [0.25, 0.3) is 0 Å². The van der Waals surface area contributed by atoms with Gasteiger partial charge in [-0.15, -0.1) is 0 Å². The van der Waals surface area contributed by atoms with Crippen molar-refractivity contribution < 1.29 is 14.6 Å². The maximum absolute atomic E-state index is 10.0. The second-order valence-corrected chi connectivity index (χ2v) is 6.49. The molecule has 2 rings (SSSR count). The second kappa shape index (κ2) is 7.14. The van der Waals surface area contributed by atoms with Gasteiger partial charge in [0.25, 0.3) is 0 Å². The van der Waals surface area contributed by atoms with Crippen molar-refractivity contribution in [2.24, 2.45) is 5.41 Å². The minimum atomic E-state index is -0.507. The summed E-state index contributed by atoms with van der Waals surface area (Å²) in [6, 6.07) is 7.92. The van der Waals surface area contributed by atoms with Crippen LogP contribution < -0.4 is 14.8 Å². The second-order valence-electron chi connectivity index (χ2n) is 6.49. The number of nitrogens with one attached hydrogen (secondary N) is 1. The lowest BCUT2D eigenvalue weighted by atomic mass is 9.87. The fraction of sp³-hybridized carbons (Fsp3) is 0.647. The molecule has 118 valence electrons. The summed E-state index contributed by atoms with van der Waals surface area (Å²) < 4.78 is 10.8. The Morgan fingerprint density at radius 2 is 2.14 bits per heavy atom. The maximum Gasteiger partial charge on any atom is 0.123 e. The van der Waals surface area contributed by atoms with E-state index < -0.39 is 6.10 Å². The molecule has 1 fully saturated rings. The number of aliphatic hydroxyl groups is 1. The molecule has 1 saturated carbocycles. The number of hydrogen-bond acceptors (Lipinski definition) is 4. The van der Waals surface area contributed by atoms with Crippen LogP contribution in [-0.2, 0) is 0 Å². The summed E-state index contributed by atoms with van der Waals surface area (Å²) in [6.45, 7) is 5.43. The third-order valence-corrected chi connectivity index (χ3v) is 4.34. The number of aliphatic hydroxyl groups excluding tert-OH is 1. The molecule has 1 aliphatic carbocycles. The van der Waals surface area contributed by atoms with Crippen molar-refractivity contribution in [1.29, 1.82) is 0 Å². The van der Waals surface area contributed by atoms with Gasteiger partial charge in [-0.05, 0) is 30.4 Å². The van der Waals surface area contributed by atoms with Gasteiger partial charge in [-0.3, -0.25) is 0 Å². The third-order valence-electron chi connectivity index (χ3n) is 4.34. The van der Waals surface area contributed by atoms with Crippen LogP contribution in [-0.4, -0.2) is 37.5 Å². The Hall–Kier alpha value is -1.26. The molecule has 2 atom stereocenters. The van der Waals surface area contributed by atoms with E-state index in [1.54, 1.807) is 7.11 Å². The molecule has 4 nitrogen and oxygen atoms in total. The molecular weight excluding hydrogens is 266 g/mol. The van der Waals surface area contributed by atoms with Crippen LogP contribution in [0.3, 0.4) is 0 Å². The molecule has 0 spiro atoms. The molecule has 0 heterocycles. The predicted molar refractivity (Wildman–Crippen MR) is 83.9 cm³/mol. The monoisotopic (exact) mass is 293 g/mol. The average molecular weight is 293 g/mol. The number of ether oxygens (including phenoxy) is 2. The van der Waals surface area contributed by atoms with Crippen molar-refractivity contribution in [3.8, 4) is 11.5 Å². The zero-order valence-corrected chi connectivity index (χ0v) is 13.3. The lowest BCUT2D eigenvalue weighted by Gasteiger charge is -2.28. The maximum atomic E-state index is 10.0. The highest BCUT2D eigenvalue weighted by Gasteiger charge is 2.34. The molecule has 0 aromatic heterocycles. The van der Waals surface area contributed by atoms with E-state index in [-0.39, 0.29) is 6.61 Å². The van der Waals surface area contributed by atoms with E-state index in [2.05, 4.69) is 19.2 Å². The fourth-order valence-electron chi connectivity index (χ4n) is 2.93. The molecule has 21 heavy (non-hydrogen) atoms. The van der Waals surface area contributed by atoms with E-state index in [1.807, 2.05) is 24.3 Å². The van der Waals surface area contributed by atoms with E-state index in [4.69, 9.17) is 9.47 Å². The summed E-state index contributed by atoms with van der Waals surface area (Å²) in [5.41, 5.74) is 0.327. The molecule has 0 amide bonds. The van der Waals surface area contributed by atoms with Gasteiger partial charge in [0.1, 0.15) is 24.2 Å². The summed E-state index contributed by atoms with van der Waals surface area (Å²) in [7, 11) is 1.63. The zero-order chi connectivity index (χ0) is 15.3. The minimum Gasteiger partial charge on any atom is -0.497 e. The van der Waals surface area contributed by atoms with E-state index in [0.717, 1.165) is 11.5 Å². The van der Waals surface area contributed by atoms with Crippen LogP contribution >= 0.6 is 0 Å². The lowest BCUT2D eigenvalue weighted by Crippen LogP contribution is -2.43. The lowest BCUT2D eigenvalue weighted by molar-refractivity contribution is 0.0984. The van der Waals surface area contributed by atoms with Crippen molar-refractivity contribution in [2.75, 3.05) is 20.3 Å². The number of methoxy groups -OCH3 is 1. The Kier molecular flexibility index (Phi) is 5.48. The van der Waals surface area contributed by atoms with Gasteiger partial charge in [0, 0.05) is 18.7 Å². The van der Waals surface area contributed by atoms with Gasteiger partial charge in [0.05, 0.1) is 7.11 Å². The van der Waals surface area contributed by atoms with Crippen molar-refractivity contribution in [3.05, 3.63) is 24.3 Å². The van der Waals surface area contributed by atoms with Gasteiger partial charge in [0.2, 0.25) is 0 Å². The SMILES string of the molecule is COc1cccc(OCC(O)CNC2CCCC2(C)C)c1. The standard InChI is InChI=1S/C17H27NO3/c1-17(2)9-5-8-16(17)18-11-13(19)12-21-15-7-4-6-14(10-15)20-3/h4,6-7,10,13,16,18-19H,5,8-9,11-12H2,1-3H3. The average Bonchev–Trinajstić information content (AvgIpc) is 2.82. The van der Waals surface area contributed by atoms with Crippen molar-refractivity contribution in [2.45, 2.75) is 45.3 Å². The van der Waals surface area contributed by atoms with E-state index in [9.17, 15) is 5.11 Å². The Morgan fingerprint density at radius 3 is 2.81 bits per heavy atom. The topological polar surface area (TPSA) is 50.7 Å². The molecule has 2 N–H and O–H groups in total. The molecule has 4 heteroatoms. The summed E-state index contributed by atoms with van der Waals surface area (Å²) in [5, 5.41) is 13.5. The van der Waals surface area contributed by atoms with Gasteiger partial charge in [0.15, 0.2) is 0 Å². The van der Waals surface area contributed by atoms with Crippen LogP contribution in [0.4, 0.5) is 0 Å². The normalized spacial score (nSPS) is 22.0. The quantitative estimate of drug-likeness (QED) is 0.811. The van der Waals surface area contributed by atoms with Crippen LogP contribution in [0.15, 0.2) is 24.3 Å². The molecule has 1 aliphatic rings. The molecule has 1 aromatic carbocycles. The van der Waals surface area contributed by atoms with Crippen LogP contribution in [0.2, 0.25) is 0 Å². The van der Waals surface area contributed by atoms with Crippen LogP contribution in [0, 0.1) is 5.41 Å². The molecule has 0 saturated heterocycles. The van der Waals surface area contributed by atoms with E-state index in [0.29, 0.717) is 18.0 Å². The highest BCUT2D eigenvalue weighted by Crippen LogP contribution is 2.37. The van der Waals surface area contributed by atoms with Gasteiger partial charge in [-0.2, -0.15) is 0 Å². The molecule has 1 aromatic rings. The Balaban J connectivity index is 1.73. The molecule has 0 aliphatic heterocycles. The minimum absolute atomic E-state index is 0.285. The van der Waals surface area contributed by atoms with E-state index >= 15 is 0 Å². The molecular formula is C17H27NO3. The van der Waals surface area contributed by atoms with Crippen LogP contribution in [0.1, 0.15) is 33.1 Å². The first-order valence-electron chi connectivity index (χ1n) is 7.69.